The fourth-order valence-corrected chi connectivity index (χ4v) is 3.45. The predicted octanol–water partition coefficient (Wildman–Crippen LogP) is 0.495. The highest BCUT2D eigenvalue weighted by molar-refractivity contribution is 7.21. The minimum Gasteiger partial charge on any atom is -0.396 e. The predicted molar refractivity (Wildman–Crippen MR) is 79.2 cm³/mol. The number of nitrogens with two attached hydrogens (primary N) is 1. The lowest BCUT2D eigenvalue weighted by Crippen LogP contribution is -2.50. The molecule has 112 valence electrons. The molecule has 21 heavy (non-hydrogen) atoms. The molecular formula is C13H16N4O3S. The van der Waals surface area contributed by atoms with Crippen LogP contribution in [0, 0.1) is 0 Å². The number of hydrogen-bond donors (Lipinski definition) is 2. The van der Waals surface area contributed by atoms with Gasteiger partial charge in [-0.1, -0.05) is 0 Å². The molecule has 3 heterocycles. The molecule has 1 aliphatic heterocycles. The van der Waals surface area contributed by atoms with Gasteiger partial charge >= 0.3 is 0 Å². The molecule has 8 heteroatoms. The summed E-state index contributed by atoms with van der Waals surface area (Å²) in [6.07, 6.45) is 2.65. The lowest BCUT2D eigenvalue weighted by molar-refractivity contribution is -0.0857. The highest BCUT2D eigenvalue weighted by atomic mass is 32.1. The first-order valence-corrected chi connectivity index (χ1v) is 7.46. The van der Waals surface area contributed by atoms with E-state index in [0.29, 0.717) is 34.0 Å². The van der Waals surface area contributed by atoms with Gasteiger partial charge in [0.25, 0.3) is 5.91 Å². The number of aliphatic hydroxyl groups excluding tert-OH is 1. The molecule has 3 rings (SSSR count). The highest BCUT2D eigenvalue weighted by Gasteiger charge is 2.31. The van der Waals surface area contributed by atoms with Crippen molar-refractivity contribution in [1.29, 1.82) is 0 Å². The zero-order chi connectivity index (χ0) is 15.0. The number of carbonyl (C=O) groups excluding carboxylic acids is 1. The van der Waals surface area contributed by atoms with E-state index >= 15 is 0 Å². The molecule has 0 saturated carbocycles. The summed E-state index contributed by atoms with van der Waals surface area (Å²) in [4.78, 5) is 23.8. The molecule has 2 atom stereocenters. The molecular weight excluding hydrogens is 292 g/mol. The minimum atomic E-state index is -0.357. The molecule has 2 aromatic rings. The van der Waals surface area contributed by atoms with Crippen LogP contribution >= 0.6 is 11.3 Å². The first-order valence-electron chi connectivity index (χ1n) is 6.64. The molecule has 1 saturated heterocycles. The number of anilines is 1. The van der Waals surface area contributed by atoms with Crippen LogP contribution in [0.2, 0.25) is 0 Å². The molecule has 2 unspecified atom stereocenters. The second-order valence-electron chi connectivity index (χ2n) is 5.02. The lowest BCUT2D eigenvalue weighted by atomic mass is 10.2. The van der Waals surface area contributed by atoms with Crippen LogP contribution in [0.3, 0.4) is 0 Å². The summed E-state index contributed by atoms with van der Waals surface area (Å²) in [5.74, 6) is -0.161. The molecule has 0 aliphatic carbocycles. The Kier molecular flexibility index (Phi) is 3.75. The number of rotatable bonds is 2. The van der Waals surface area contributed by atoms with E-state index in [1.807, 2.05) is 6.92 Å². The van der Waals surface area contributed by atoms with Gasteiger partial charge in [-0.25, -0.2) is 9.97 Å². The maximum absolute atomic E-state index is 12.7. The molecule has 7 nitrogen and oxygen atoms in total. The van der Waals surface area contributed by atoms with E-state index < -0.39 is 0 Å². The van der Waals surface area contributed by atoms with E-state index in [4.69, 9.17) is 10.5 Å². The maximum atomic E-state index is 12.7. The first-order chi connectivity index (χ1) is 10.1. The number of fused-ring (bicyclic) bond motifs is 1. The number of ether oxygens (including phenoxy) is 1. The van der Waals surface area contributed by atoms with E-state index in [0.717, 1.165) is 0 Å². The number of nitrogens with zero attached hydrogens (tertiary/aromatic N) is 3. The van der Waals surface area contributed by atoms with Gasteiger partial charge in [0.15, 0.2) is 0 Å². The van der Waals surface area contributed by atoms with Crippen molar-refractivity contribution in [2.45, 2.75) is 19.1 Å². The number of nitrogen functional groups attached to an aromatic ring is 1. The van der Waals surface area contributed by atoms with Crippen molar-refractivity contribution in [1.82, 2.24) is 14.9 Å². The fourth-order valence-electron chi connectivity index (χ4n) is 2.46. The van der Waals surface area contributed by atoms with Crippen molar-refractivity contribution in [2.24, 2.45) is 0 Å². The first kappa shape index (κ1) is 14.2. The number of thiophene rings is 1. The van der Waals surface area contributed by atoms with E-state index in [-0.39, 0.29) is 24.7 Å². The molecule has 3 N–H and O–H groups in total. The summed E-state index contributed by atoms with van der Waals surface area (Å²) < 4.78 is 5.54. The van der Waals surface area contributed by atoms with Crippen LogP contribution in [0.4, 0.5) is 5.69 Å². The summed E-state index contributed by atoms with van der Waals surface area (Å²) in [7, 11) is 0. The number of morpholine rings is 1. The van der Waals surface area contributed by atoms with Gasteiger partial charge in [0, 0.05) is 25.5 Å². The Balaban J connectivity index is 1.91. The topological polar surface area (TPSA) is 102 Å². The highest BCUT2D eigenvalue weighted by Crippen LogP contribution is 2.32. The molecule has 0 spiro atoms. The maximum Gasteiger partial charge on any atom is 0.266 e. The van der Waals surface area contributed by atoms with Crippen LogP contribution in [0.15, 0.2) is 12.4 Å². The lowest BCUT2D eigenvalue weighted by Gasteiger charge is -2.35. The zero-order valence-electron chi connectivity index (χ0n) is 11.5. The third-order valence-electron chi connectivity index (χ3n) is 3.37. The Hall–Kier alpha value is -1.77. The Morgan fingerprint density at radius 1 is 1.52 bits per heavy atom. The van der Waals surface area contributed by atoms with Crippen LogP contribution < -0.4 is 5.73 Å². The van der Waals surface area contributed by atoms with Crippen LogP contribution in [0.1, 0.15) is 16.6 Å². The van der Waals surface area contributed by atoms with E-state index in [1.165, 1.54) is 11.3 Å². The summed E-state index contributed by atoms with van der Waals surface area (Å²) in [6.45, 7) is 2.59. The molecule has 0 bridgehead atoms. The average molecular weight is 308 g/mol. The number of aliphatic hydroxyl groups is 1. The minimum absolute atomic E-state index is 0.112. The molecule has 0 radical (unpaired) electrons. The third kappa shape index (κ3) is 2.57. The van der Waals surface area contributed by atoms with Gasteiger partial charge in [-0.2, -0.15) is 0 Å². The molecule has 0 aromatic carbocycles. The standard InChI is InChI=1S/C13H16N4O3S/c1-7-4-17(5-8(6-18)20-7)13(19)11-9(14)10-12(21-11)16-3-2-15-10/h2-3,7-8,18H,4-6,14H2,1H3. The quantitative estimate of drug-likeness (QED) is 0.837. The van der Waals surface area contributed by atoms with Crippen molar-refractivity contribution < 1.29 is 14.6 Å². The van der Waals surface area contributed by atoms with Crippen LogP contribution in [0.5, 0.6) is 0 Å². The normalized spacial score (nSPS) is 22.7. The number of amides is 1. The van der Waals surface area contributed by atoms with E-state index in [2.05, 4.69) is 9.97 Å². The van der Waals surface area contributed by atoms with E-state index in [1.54, 1.807) is 17.3 Å². The van der Waals surface area contributed by atoms with Gasteiger partial charge in [-0.15, -0.1) is 11.3 Å². The van der Waals surface area contributed by atoms with Gasteiger partial charge in [0.1, 0.15) is 15.2 Å². The second kappa shape index (κ2) is 5.55. The summed E-state index contributed by atoms with van der Waals surface area (Å²) in [5.41, 5.74) is 6.96. The Morgan fingerprint density at radius 2 is 2.29 bits per heavy atom. The molecule has 1 fully saturated rings. The van der Waals surface area contributed by atoms with Crippen molar-refractivity contribution in [3.63, 3.8) is 0 Å². The van der Waals surface area contributed by atoms with Crippen molar-refractivity contribution in [3.8, 4) is 0 Å². The third-order valence-corrected chi connectivity index (χ3v) is 4.47. The monoisotopic (exact) mass is 308 g/mol. The van der Waals surface area contributed by atoms with Gasteiger partial charge in [-0.3, -0.25) is 4.79 Å². The largest absolute Gasteiger partial charge is 0.396 e. The smallest absolute Gasteiger partial charge is 0.266 e. The number of carbonyl (C=O) groups is 1. The SMILES string of the molecule is CC1CN(C(=O)c2sc3nccnc3c2N)CC(CO)O1. The van der Waals surface area contributed by atoms with Crippen LogP contribution in [0.25, 0.3) is 10.3 Å². The van der Waals surface area contributed by atoms with Gasteiger partial charge < -0.3 is 20.5 Å². The summed E-state index contributed by atoms with van der Waals surface area (Å²) >= 11 is 1.24. The van der Waals surface area contributed by atoms with E-state index in [9.17, 15) is 9.90 Å². The van der Waals surface area contributed by atoms with Crippen molar-refractivity contribution in [2.75, 3.05) is 25.4 Å². The van der Waals surface area contributed by atoms with Crippen molar-refractivity contribution >= 4 is 33.3 Å². The van der Waals surface area contributed by atoms with Gasteiger partial charge in [-0.05, 0) is 6.92 Å². The zero-order valence-corrected chi connectivity index (χ0v) is 12.3. The second-order valence-corrected chi connectivity index (χ2v) is 6.02. The molecule has 1 amide bonds. The number of hydrogen-bond acceptors (Lipinski definition) is 7. The Labute approximate surface area is 125 Å². The van der Waals surface area contributed by atoms with Crippen molar-refractivity contribution in [3.05, 3.63) is 17.3 Å². The Bertz CT molecular complexity index is 674. The molecule has 2 aromatic heterocycles. The van der Waals surface area contributed by atoms with Gasteiger partial charge in [0.05, 0.1) is 24.5 Å². The van der Waals surface area contributed by atoms with Crippen LogP contribution in [-0.2, 0) is 4.74 Å². The fraction of sp³-hybridized carbons (Fsp3) is 0.462. The Morgan fingerprint density at radius 3 is 3.00 bits per heavy atom. The average Bonchev–Trinajstić information content (AvgIpc) is 2.83. The number of aromatic nitrogens is 2. The summed E-state index contributed by atoms with van der Waals surface area (Å²) in [6, 6.07) is 0. The molecule has 1 aliphatic rings. The van der Waals surface area contributed by atoms with Gasteiger partial charge in [0.2, 0.25) is 0 Å². The summed E-state index contributed by atoms with van der Waals surface area (Å²) in [5, 5.41) is 9.24. The van der Waals surface area contributed by atoms with Crippen LogP contribution in [-0.4, -0.2) is 57.8 Å².